The molecule has 0 N–H and O–H groups in total. The van der Waals surface area contributed by atoms with E-state index >= 15 is 0 Å². The molecular weight excluding hydrogens is 198 g/mol. The van der Waals surface area contributed by atoms with Crippen molar-refractivity contribution in [2.24, 2.45) is 5.92 Å². The van der Waals surface area contributed by atoms with Gasteiger partial charge < -0.3 is 4.74 Å². The van der Waals surface area contributed by atoms with Crippen molar-refractivity contribution >= 4 is 0 Å². The molecule has 1 heterocycles. The Hall–Kier alpha value is -1.28. The van der Waals surface area contributed by atoms with Crippen LogP contribution in [0.5, 0.6) is 0 Å². The second-order valence-electron chi connectivity index (χ2n) is 4.58. The number of nitrogens with zero attached hydrogens (tertiary/aromatic N) is 1. The quantitative estimate of drug-likeness (QED) is 0.769. The average Bonchev–Trinajstić information content (AvgIpc) is 2.65. The van der Waals surface area contributed by atoms with Gasteiger partial charge in [-0.3, -0.25) is 4.90 Å². The Morgan fingerprint density at radius 1 is 1.25 bits per heavy atom. The van der Waals surface area contributed by atoms with Crippen molar-refractivity contribution < 1.29 is 4.74 Å². The maximum atomic E-state index is 5.59. The lowest BCUT2D eigenvalue weighted by molar-refractivity contribution is 0.190. The number of rotatable bonds is 4. The van der Waals surface area contributed by atoms with E-state index in [9.17, 15) is 0 Å². The SMILES string of the molecule is CC1C=C(CN(C)Cc2ccccc2)OC1. The average molecular weight is 217 g/mol. The minimum atomic E-state index is 0.570. The van der Waals surface area contributed by atoms with Gasteiger partial charge in [0.25, 0.3) is 0 Å². The summed E-state index contributed by atoms with van der Waals surface area (Å²) in [4.78, 5) is 2.28. The van der Waals surface area contributed by atoms with E-state index in [1.807, 2.05) is 6.07 Å². The smallest absolute Gasteiger partial charge is 0.106 e. The predicted octanol–water partition coefficient (Wildman–Crippen LogP) is 2.67. The molecule has 1 aromatic rings. The normalized spacial score (nSPS) is 19.7. The van der Waals surface area contributed by atoms with E-state index < -0.39 is 0 Å². The first-order valence-electron chi connectivity index (χ1n) is 5.80. The molecule has 2 nitrogen and oxygen atoms in total. The molecule has 16 heavy (non-hydrogen) atoms. The lowest BCUT2D eigenvalue weighted by Gasteiger charge is -2.17. The highest BCUT2D eigenvalue weighted by Crippen LogP contribution is 2.16. The van der Waals surface area contributed by atoms with Crippen LogP contribution in [0, 0.1) is 5.92 Å². The fourth-order valence-electron chi connectivity index (χ4n) is 1.97. The molecule has 0 amide bonds. The van der Waals surface area contributed by atoms with Crippen LogP contribution in [0.25, 0.3) is 0 Å². The largest absolute Gasteiger partial charge is 0.496 e. The summed E-state index contributed by atoms with van der Waals surface area (Å²) in [6.07, 6.45) is 2.22. The second kappa shape index (κ2) is 5.17. The van der Waals surface area contributed by atoms with Crippen LogP contribution in [0.2, 0.25) is 0 Å². The maximum absolute atomic E-state index is 5.59. The first-order valence-corrected chi connectivity index (χ1v) is 5.80. The molecule has 2 rings (SSSR count). The maximum Gasteiger partial charge on any atom is 0.106 e. The van der Waals surface area contributed by atoms with Crippen LogP contribution in [0.3, 0.4) is 0 Å². The Morgan fingerprint density at radius 2 is 2.00 bits per heavy atom. The highest BCUT2D eigenvalue weighted by molar-refractivity contribution is 5.14. The van der Waals surface area contributed by atoms with Crippen LogP contribution in [-0.4, -0.2) is 25.1 Å². The predicted molar refractivity (Wildman–Crippen MR) is 66.0 cm³/mol. The second-order valence-corrected chi connectivity index (χ2v) is 4.58. The molecule has 0 aromatic heterocycles. The van der Waals surface area contributed by atoms with Gasteiger partial charge in [0.05, 0.1) is 13.2 Å². The molecule has 0 saturated heterocycles. The van der Waals surface area contributed by atoms with Crippen LogP contribution in [0.1, 0.15) is 12.5 Å². The van der Waals surface area contributed by atoms with Crippen LogP contribution in [0.15, 0.2) is 42.2 Å². The molecule has 0 spiro atoms. The molecule has 1 aliphatic rings. The van der Waals surface area contributed by atoms with Crippen LogP contribution in [0.4, 0.5) is 0 Å². The highest BCUT2D eigenvalue weighted by Gasteiger charge is 2.13. The summed E-state index contributed by atoms with van der Waals surface area (Å²) in [5.74, 6) is 1.69. The van der Waals surface area contributed by atoms with Gasteiger partial charge in [0.15, 0.2) is 0 Å². The monoisotopic (exact) mass is 217 g/mol. The number of likely N-dealkylation sites (N-methyl/N-ethyl adjacent to an activating group) is 1. The van der Waals surface area contributed by atoms with E-state index in [1.54, 1.807) is 0 Å². The zero-order valence-electron chi connectivity index (χ0n) is 10.0. The molecule has 2 heteroatoms. The molecule has 1 atom stereocenters. The molecule has 1 unspecified atom stereocenters. The Labute approximate surface area is 97.5 Å². The fourth-order valence-corrected chi connectivity index (χ4v) is 1.97. The van der Waals surface area contributed by atoms with Crippen molar-refractivity contribution in [3.05, 3.63) is 47.7 Å². The number of ether oxygens (including phenoxy) is 1. The van der Waals surface area contributed by atoms with Gasteiger partial charge in [-0.05, 0) is 18.7 Å². The molecule has 1 aliphatic heterocycles. The molecule has 0 bridgehead atoms. The van der Waals surface area contributed by atoms with Gasteiger partial charge in [-0.1, -0.05) is 37.3 Å². The molecule has 0 aliphatic carbocycles. The van der Waals surface area contributed by atoms with E-state index in [-0.39, 0.29) is 0 Å². The molecular formula is C14H19NO. The van der Waals surface area contributed by atoms with Crippen LogP contribution < -0.4 is 0 Å². The van der Waals surface area contributed by atoms with E-state index in [4.69, 9.17) is 4.74 Å². The van der Waals surface area contributed by atoms with Gasteiger partial charge in [0.1, 0.15) is 5.76 Å². The van der Waals surface area contributed by atoms with E-state index in [1.165, 1.54) is 5.56 Å². The van der Waals surface area contributed by atoms with Crippen molar-refractivity contribution in [3.63, 3.8) is 0 Å². The number of hydrogen-bond acceptors (Lipinski definition) is 2. The molecule has 0 radical (unpaired) electrons. The zero-order valence-corrected chi connectivity index (χ0v) is 10.0. The van der Waals surface area contributed by atoms with Crippen molar-refractivity contribution in [1.29, 1.82) is 0 Å². The Kier molecular flexibility index (Phi) is 3.62. The van der Waals surface area contributed by atoms with Crippen molar-refractivity contribution in [2.45, 2.75) is 13.5 Å². The Bertz CT molecular complexity index is 358. The highest BCUT2D eigenvalue weighted by atomic mass is 16.5. The lowest BCUT2D eigenvalue weighted by Crippen LogP contribution is -2.20. The summed E-state index contributed by atoms with van der Waals surface area (Å²) in [5.41, 5.74) is 1.34. The first kappa shape index (κ1) is 11.2. The fraction of sp³-hybridized carbons (Fsp3) is 0.429. The minimum Gasteiger partial charge on any atom is -0.496 e. The number of benzene rings is 1. The van der Waals surface area contributed by atoms with Crippen LogP contribution >= 0.6 is 0 Å². The van der Waals surface area contributed by atoms with E-state index in [0.717, 1.165) is 25.5 Å². The summed E-state index contributed by atoms with van der Waals surface area (Å²) in [5, 5.41) is 0. The van der Waals surface area contributed by atoms with Crippen molar-refractivity contribution in [2.75, 3.05) is 20.2 Å². The molecule has 0 fully saturated rings. The molecule has 0 saturated carbocycles. The topological polar surface area (TPSA) is 12.5 Å². The van der Waals surface area contributed by atoms with Gasteiger partial charge in [-0.25, -0.2) is 0 Å². The molecule has 86 valence electrons. The van der Waals surface area contributed by atoms with Crippen LogP contribution in [-0.2, 0) is 11.3 Å². The third-order valence-electron chi connectivity index (χ3n) is 2.72. The summed E-state index contributed by atoms with van der Waals surface area (Å²) in [6, 6.07) is 10.5. The summed E-state index contributed by atoms with van der Waals surface area (Å²) < 4.78 is 5.59. The zero-order chi connectivity index (χ0) is 11.4. The third-order valence-corrected chi connectivity index (χ3v) is 2.72. The first-order chi connectivity index (χ1) is 7.74. The Morgan fingerprint density at radius 3 is 2.62 bits per heavy atom. The van der Waals surface area contributed by atoms with E-state index in [0.29, 0.717) is 5.92 Å². The lowest BCUT2D eigenvalue weighted by atomic mass is 10.2. The summed E-state index contributed by atoms with van der Waals surface area (Å²) in [7, 11) is 2.13. The summed E-state index contributed by atoms with van der Waals surface area (Å²) >= 11 is 0. The van der Waals surface area contributed by atoms with Crippen molar-refractivity contribution in [3.8, 4) is 0 Å². The third kappa shape index (κ3) is 3.11. The van der Waals surface area contributed by atoms with Gasteiger partial charge in [0, 0.05) is 12.5 Å². The Balaban J connectivity index is 1.85. The minimum absolute atomic E-state index is 0.570. The van der Waals surface area contributed by atoms with Gasteiger partial charge in [-0.15, -0.1) is 0 Å². The van der Waals surface area contributed by atoms with Gasteiger partial charge in [0.2, 0.25) is 0 Å². The van der Waals surface area contributed by atoms with Gasteiger partial charge in [-0.2, -0.15) is 0 Å². The number of hydrogen-bond donors (Lipinski definition) is 0. The van der Waals surface area contributed by atoms with E-state index in [2.05, 4.69) is 49.2 Å². The summed E-state index contributed by atoms with van der Waals surface area (Å²) in [6.45, 7) is 4.90. The van der Waals surface area contributed by atoms with Gasteiger partial charge >= 0.3 is 0 Å². The molecule has 1 aromatic carbocycles. The standard InChI is InChI=1S/C14H19NO/c1-12-8-14(16-11-12)10-15(2)9-13-6-4-3-5-7-13/h3-8,12H,9-11H2,1-2H3. The van der Waals surface area contributed by atoms with Crippen molar-refractivity contribution in [1.82, 2.24) is 4.90 Å².